The van der Waals surface area contributed by atoms with Gasteiger partial charge in [0.15, 0.2) is 17.3 Å². The number of amides is 1. The second-order valence-electron chi connectivity index (χ2n) is 5.14. The molecule has 5 nitrogen and oxygen atoms in total. The molecule has 0 bridgehead atoms. The zero-order valence-electron chi connectivity index (χ0n) is 14.2. The van der Waals surface area contributed by atoms with E-state index in [1.165, 1.54) is 31.4 Å². The fourth-order valence-corrected chi connectivity index (χ4v) is 2.17. The summed E-state index contributed by atoms with van der Waals surface area (Å²) in [6.45, 7) is -2.98. The monoisotopic (exact) mass is 361 g/mol. The summed E-state index contributed by atoms with van der Waals surface area (Å²) in [5.41, 5.74) is 1.51. The summed E-state index contributed by atoms with van der Waals surface area (Å²) >= 11 is 0. The Morgan fingerprint density at radius 3 is 2.27 bits per heavy atom. The second kappa shape index (κ2) is 8.75. The molecule has 0 heterocycles. The Morgan fingerprint density at radius 2 is 1.69 bits per heavy atom. The molecule has 0 aliphatic rings. The number of allylic oxidation sites excluding steroid dienone is 1. The maximum Gasteiger partial charge on any atom is 0.387 e. The molecular formula is C19H17F2NO4. The van der Waals surface area contributed by atoms with Crippen molar-refractivity contribution in [3.63, 3.8) is 0 Å². The third-order valence-electron chi connectivity index (χ3n) is 3.49. The number of nitrogens with one attached hydrogen (secondary N) is 1. The van der Waals surface area contributed by atoms with Crippen molar-refractivity contribution in [2.75, 3.05) is 14.2 Å². The van der Waals surface area contributed by atoms with E-state index >= 15 is 0 Å². The fraction of sp³-hybridized carbons (Fsp3) is 0.158. The van der Waals surface area contributed by atoms with Gasteiger partial charge in [-0.15, -0.1) is 0 Å². The Kier molecular flexibility index (Phi) is 6.43. The molecule has 0 unspecified atom stereocenters. The summed E-state index contributed by atoms with van der Waals surface area (Å²) in [6, 6.07) is 10.7. The van der Waals surface area contributed by atoms with E-state index in [0.717, 1.165) is 5.56 Å². The molecule has 1 amide bonds. The lowest BCUT2D eigenvalue weighted by atomic mass is 10.1. The maximum atomic E-state index is 12.3. The fourth-order valence-electron chi connectivity index (χ4n) is 2.17. The summed E-state index contributed by atoms with van der Waals surface area (Å²) in [6.07, 6.45) is 2.93. The van der Waals surface area contributed by atoms with Gasteiger partial charge in [0.2, 0.25) is 0 Å². The molecule has 0 radical (unpaired) electrons. The van der Waals surface area contributed by atoms with Crippen molar-refractivity contribution in [1.29, 1.82) is 0 Å². The zero-order chi connectivity index (χ0) is 19.1. The van der Waals surface area contributed by atoms with Crippen LogP contribution in [-0.4, -0.2) is 32.5 Å². The minimum Gasteiger partial charge on any atom is -0.493 e. The molecule has 0 atom stereocenters. The van der Waals surface area contributed by atoms with Crippen LogP contribution in [0.15, 0.2) is 48.5 Å². The van der Waals surface area contributed by atoms with E-state index in [9.17, 15) is 18.4 Å². The molecule has 1 N–H and O–H groups in total. The normalized spacial score (nSPS) is 10.8. The molecule has 136 valence electrons. The third kappa shape index (κ3) is 4.89. The largest absolute Gasteiger partial charge is 0.493 e. The molecule has 0 aromatic heterocycles. The number of ether oxygens (including phenoxy) is 2. The molecule has 0 saturated carbocycles. The van der Waals surface area contributed by atoms with E-state index in [2.05, 4.69) is 10.1 Å². The number of halogens is 2. The van der Waals surface area contributed by atoms with E-state index in [-0.39, 0.29) is 28.8 Å². The lowest BCUT2D eigenvalue weighted by Gasteiger charge is -2.10. The molecule has 0 aliphatic carbocycles. The van der Waals surface area contributed by atoms with E-state index in [4.69, 9.17) is 4.74 Å². The summed E-state index contributed by atoms with van der Waals surface area (Å²) in [5, 5.41) is 2.52. The van der Waals surface area contributed by atoms with Crippen LogP contribution in [0.5, 0.6) is 11.5 Å². The number of hydrogen-bond acceptors (Lipinski definition) is 4. The van der Waals surface area contributed by atoms with Crippen LogP contribution < -0.4 is 14.8 Å². The number of methoxy groups -OCH3 is 1. The van der Waals surface area contributed by atoms with Gasteiger partial charge in [-0.3, -0.25) is 9.59 Å². The predicted molar refractivity (Wildman–Crippen MR) is 92.8 cm³/mol. The molecule has 0 saturated heterocycles. The number of benzene rings is 2. The van der Waals surface area contributed by atoms with Crippen molar-refractivity contribution < 1.29 is 27.8 Å². The number of rotatable bonds is 7. The number of alkyl halides is 2. The Morgan fingerprint density at radius 1 is 1.04 bits per heavy atom. The maximum absolute atomic E-state index is 12.3. The number of carbonyl (C=O) groups excluding carboxylic acids is 2. The first-order chi connectivity index (χ1) is 12.4. The summed E-state index contributed by atoms with van der Waals surface area (Å²) in [4.78, 5) is 23.7. The number of hydrogen-bond donors (Lipinski definition) is 1. The van der Waals surface area contributed by atoms with Crippen molar-refractivity contribution >= 4 is 17.8 Å². The van der Waals surface area contributed by atoms with Crippen LogP contribution in [0.3, 0.4) is 0 Å². The van der Waals surface area contributed by atoms with Gasteiger partial charge in [0.25, 0.3) is 5.91 Å². The van der Waals surface area contributed by atoms with Crippen LogP contribution in [0.1, 0.15) is 26.3 Å². The van der Waals surface area contributed by atoms with Crippen LogP contribution in [-0.2, 0) is 0 Å². The van der Waals surface area contributed by atoms with Gasteiger partial charge in [-0.25, -0.2) is 0 Å². The molecular weight excluding hydrogens is 344 g/mol. The van der Waals surface area contributed by atoms with Gasteiger partial charge in [-0.1, -0.05) is 18.2 Å². The van der Waals surface area contributed by atoms with Crippen LogP contribution in [0.25, 0.3) is 6.08 Å². The van der Waals surface area contributed by atoms with Crippen molar-refractivity contribution in [2.45, 2.75) is 6.61 Å². The number of ketones is 1. The Hall–Kier alpha value is -3.22. The van der Waals surface area contributed by atoms with Gasteiger partial charge in [0.05, 0.1) is 7.11 Å². The molecule has 26 heavy (non-hydrogen) atoms. The first-order valence-corrected chi connectivity index (χ1v) is 7.62. The molecule has 0 spiro atoms. The minimum absolute atomic E-state index is 0.0412. The third-order valence-corrected chi connectivity index (χ3v) is 3.49. The predicted octanol–water partition coefficient (Wildman–Crippen LogP) is 3.55. The highest BCUT2D eigenvalue weighted by Gasteiger charge is 2.13. The Bertz CT molecular complexity index is 817. The summed E-state index contributed by atoms with van der Waals surface area (Å²) in [5.74, 6) is -0.635. The van der Waals surface area contributed by atoms with Gasteiger partial charge < -0.3 is 14.8 Å². The molecule has 0 fully saturated rings. The molecule has 7 heteroatoms. The highest BCUT2D eigenvalue weighted by Crippen LogP contribution is 2.29. The van der Waals surface area contributed by atoms with Gasteiger partial charge in [-0.05, 0) is 42.0 Å². The topological polar surface area (TPSA) is 64.6 Å². The molecule has 2 aromatic carbocycles. The molecule has 2 rings (SSSR count). The zero-order valence-corrected chi connectivity index (χ0v) is 14.2. The van der Waals surface area contributed by atoms with Gasteiger partial charge in [0.1, 0.15) is 0 Å². The lowest BCUT2D eigenvalue weighted by Crippen LogP contribution is -2.17. The van der Waals surface area contributed by atoms with Gasteiger partial charge in [0, 0.05) is 18.2 Å². The minimum atomic E-state index is -2.98. The van der Waals surface area contributed by atoms with Crippen molar-refractivity contribution in [3.8, 4) is 11.5 Å². The van der Waals surface area contributed by atoms with Gasteiger partial charge >= 0.3 is 6.61 Å². The van der Waals surface area contributed by atoms with E-state index in [1.807, 2.05) is 0 Å². The summed E-state index contributed by atoms with van der Waals surface area (Å²) in [7, 11) is 2.84. The van der Waals surface area contributed by atoms with Crippen LogP contribution in [0, 0.1) is 0 Å². The van der Waals surface area contributed by atoms with Crippen molar-refractivity contribution in [1.82, 2.24) is 5.32 Å². The van der Waals surface area contributed by atoms with Crippen LogP contribution in [0.4, 0.5) is 8.78 Å². The average Bonchev–Trinajstić information content (AvgIpc) is 2.65. The molecule has 2 aromatic rings. The van der Waals surface area contributed by atoms with E-state index < -0.39 is 6.61 Å². The number of carbonyl (C=O) groups is 2. The lowest BCUT2D eigenvalue weighted by molar-refractivity contribution is -0.0512. The average molecular weight is 361 g/mol. The first kappa shape index (κ1) is 19.1. The van der Waals surface area contributed by atoms with E-state index in [0.29, 0.717) is 5.56 Å². The SMILES string of the molecule is CNC(=O)c1ccc(/C=C/C(=O)c2ccc(OC(F)F)c(OC)c2)cc1. The van der Waals surface area contributed by atoms with Crippen LogP contribution >= 0.6 is 0 Å². The van der Waals surface area contributed by atoms with Gasteiger partial charge in [-0.2, -0.15) is 8.78 Å². The van der Waals surface area contributed by atoms with Crippen molar-refractivity contribution in [3.05, 3.63) is 65.2 Å². The Labute approximate surface area is 149 Å². The smallest absolute Gasteiger partial charge is 0.387 e. The quantitative estimate of drug-likeness (QED) is 0.605. The van der Waals surface area contributed by atoms with Crippen LogP contribution in [0.2, 0.25) is 0 Å². The first-order valence-electron chi connectivity index (χ1n) is 7.62. The highest BCUT2D eigenvalue weighted by molar-refractivity contribution is 6.07. The van der Waals surface area contributed by atoms with E-state index in [1.54, 1.807) is 37.4 Å². The summed E-state index contributed by atoms with van der Waals surface area (Å²) < 4.78 is 33.9. The second-order valence-corrected chi connectivity index (χ2v) is 5.14. The Balaban J connectivity index is 2.13. The highest BCUT2D eigenvalue weighted by atomic mass is 19.3. The standard InChI is InChI=1S/C19H17F2NO4/c1-22-18(24)13-6-3-12(4-7-13)5-9-15(23)14-8-10-16(26-19(20)21)17(11-14)25-2/h3-11,19H,1-2H3,(H,22,24)/b9-5+. The molecule has 0 aliphatic heterocycles. The van der Waals surface area contributed by atoms with Crippen molar-refractivity contribution in [2.24, 2.45) is 0 Å².